The first kappa shape index (κ1) is 19.3. The minimum absolute atomic E-state index is 0.169. The topological polar surface area (TPSA) is 55.1 Å². The van der Waals surface area contributed by atoms with E-state index in [-0.39, 0.29) is 5.69 Å². The number of carbonyl (C=O) groups excluding carboxylic acids is 1. The summed E-state index contributed by atoms with van der Waals surface area (Å²) in [6.07, 6.45) is -2.50. The summed E-state index contributed by atoms with van der Waals surface area (Å²) in [7, 11) is 0. The Bertz CT molecular complexity index is 713. The maximum atomic E-state index is 13.5. The Balaban J connectivity index is 2.12. The summed E-state index contributed by atoms with van der Waals surface area (Å²) in [6.45, 7) is 1.66. The molecule has 2 atom stereocenters. The molecule has 7 heteroatoms. The number of thioether (sulfide) groups is 1. The van der Waals surface area contributed by atoms with Crippen LogP contribution in [0.2, 0.25) is 0 Å². The van der Waals surface area contributed by atoms with E-state index in [4.69, 9.17) is 5.73 Å². The molecule has 2 aromatic carbocycles. The minimum atomic E-state index is -2.50. The molecule has 0 saturated heterocycles. The van der Waals surface area contributed by atoms with Crippen molar-refractivity contribution < 1.29 is 18.0 Å². The van der Waals surface area contributed by atoms with E-state index in [1.54, 1.807) is 6.92 Å². The molecule has 0 heterocycles. The monoisotopic (exact) mass is 368 g/mol. The molecule has 0 aliphatic carbocycles. The normalized spacial score (nSPS) is 13.5. The molecule has 1 amide bonds. The van der Waals surface area contributed by atoms with Crippen LogP contribution in [0.15, 0.2) is 53.4 Å². The van der Waals surface area contributed by atoms with Crippen molar-refractivity contribution >= 4 is 23.4 Å². The number of alkyl halides is 2. The van der Waals surface area contributed by atoms with Crippen molar-refractivity contribution in [3.63, 3.8) is 0 Å². The molecule has 0 aliphatic heterocycles. The molecule has 3 N–H and O–H groups in total. The summed E-state index contributed by atoms with van der Waals surface area (Å²) in [5.41, 5.74) is 7.09. The van der Waals surface area contributed by atoms with Crippen molar-refractivity contribution in [2.75, 3.05) is 11.1 Å². The molecule has 25 heavy (non-hydrogen) atoms. The van der Waals surface area contributed by atoms with Crippen molar-refractivity contribution in [3.8, 4) is 0 Å². The molecule has 2 unspecified atom stereocenters. The molecule has 3 nitrogen and oxygen atoms in total. The first-order valence-electron chi connectivity index (χ1n) is 7.70. The first-order chi connectivity index (χ1) is 11.9. The lowest BCUT2D eigenvalue weighted by molar-refractivity contribution is -0.120. The van der Waals surface area contributed by atoms with Gasteiger partial charge in [-0.1, -0.05) is 37.3 Å². The third kappa shape index (κ3) is 5.51. The van der Waals surface area contributed by atoms with E-state index in [0.29, 0.717) is 4.90 Å². The van der Waals surface area contributed by atoms with Gasteiger partial charge in [0.15, 0.2) is 0 Å². The standard InChI is InChI=1S/C18H19F3N2OS/c1-11(17(22)12-5-3-2-4-6-12)18(24)23-14-9-13(19)7-8-15(14)25-10-16(20)21/h2-9,11,16-17H,10,22H2,1H3,(H,23,24). The van der Waals surface area contributed by atoms with Crippen LogP contribution in [0.5, 0.6) is 0 Å². The highest BCUT2D eigenvalue weighted by Crippen LogP contribution is 2.30. The molecular formula is C18H19F3N2OS. The maximum Gasteiger partial charge on any atom is 0.247 e. The van der Waals surface area contributed by atoms with Crippen molar-refractivity contribution in [3.05, 3.63) is 59.9 Å². The molecule has 0 radical (unpaired) electrons. The zero-order valence-electron chi connectivity index (χ0n) is 13.6. The van der Waals surface area contributed by atoms with Crippen LogP contribution < -0.4 is 11.1 Å². The van der Waals surface area contributed by atoms with E-state index in [1.165, 1.54) is 12.1 Å². The highest BCUT2D eigenvalue weighted by Gasteiger charge is 2.23. The Morgan fingerprint density at radius 1 is 1.20 bits per heavy atom. The second kappa shape index (κ2) is 8.92. The van der Waals surface area contributed by atoms with Crippen LogP contribution in [-0.2, 0) is 4.79 Å². The van der Waals surface area contributed by atoms with Gasteiger partial charge in [-0.25, -0.2) is 13.2 Å². The van der Waals surface area contributed by atoms with Gasteiger partial charge in [-0.3, -0.25) is 4.79 Å². The fraction of sp³-hybridized carbons (Fsp3) is 0.278. The fourth-order valence-corrected chi connectivity index (χ4v) is 2.99. The van der Waals surface area contributed by atoms with E-state index in [1.807, 2.05) is 30.3 Å². The molecule has 134 valence electrons. The summed E-state index contributed by atoms with van der Waals surface area (Å²) < 4.78 is 38.3. The predicted octanol–water partition coefficient (Wildman–Crippen LogP) is 4.46. The second-order valence-electron chi connectivity index (χ2n) is 5.56. The van der Waals surface area contributed by atoms with Crippen LogP contribution in [0.1, 0.15) is 18.5 Å². The molecule has 0 aromatic heterocycles. The average molecular weight is 368 g/mol. The second-order valence-corrected chi connectivity index (χ2v) is 6.62. The maximum absolute atomic E-state index is 13.5. The van der Waals surface area contributed by atoms with Gasteiger partial charge in [-0.2, -0.15) is 0 Å². The molecule has 0 bridgehead atoms. The van der Waals surface area contributed by atoms with Crippen LogP contribution >= 0.6 is 11.8 Å². The first-order valence-corrected chi connectivity index (χ1v) is 8.69. The van der Waals surface area contributed by atoms with Crippen molar-refractivity contribution in [1.29, 1.82) is 0 Å². The van der Waals surface area contributed by atoms with Crippen molar-refractivity contribution in [2.24, 2.45) is 11.7 Å². The van der Waals surface area contributed by atoms with Crippen LogP contribution in [0, 0.1) is 11.7 Å². The molecule has 0 aliphatic rings. The number of halogens is 3. The number of carbonyl (C=O) groups is 1. The summed E-state index contributed by atoms with van der Waals surface area (Å²) in [4.78, 5) is 12.8. The van der Waals surface area contributed by atoms with Gasteiger partial charge >= 0.3 is 0 Å². The number of amides is 1. The Morgan fingerprint density at radius 3 is 2.52 bits per heavy atom. The van der Waals surface area contributed by atoms with Crippen LogP contribution in [-0.4, -0.2) is 18.1 Å². The van der Waals surface area contributed by atoms with Gasteiger partial charge in [0.25, 0.3) is 0 Å². The van der Waals surface area contributed by atoms with E-state index in [2.05, 4.69) is 5.32 Å². The summed E-state index contributed by atoms with van der Waals surface area (Å²) in [6, 6.07) is 12.3. The smallest absolute Gasteiger partial charge is 0.247 e. The number of hydrogen-bond acceptors (Lipinski definition) is 3. The van der Waals surface area contributed by atoms with E-state index >= 15 is 0 Å². The average Bonchev–Trinajstić information content (AvgIpc) is 2.60. The number of anilines is 1. The van der Waals surface area contributed by atoms with Gasteiger partial charge in [0.2, 0.25) is 12.3 Å². The van der Waals surface area contributed by atoms with E-state index in [0.717, 1.165) is 23.4 Å². The van der Waals surface area contributed by atoms with Crippen LogP contribution in [0.3, 0.4) is 0 Å². The van der Waals surface area contributed by atoms with Crippen molar-refractivity contribution in [2.45, 2.75) is 24.3 Å². The lowest BCUT2D eigenvalue weighted by atomic mass is 9.94. The quantitative estimate of drug-likeness (QED) is 0.710. The number of benzene rings is 2. The Kier molecular flexibility index (Phi) is 6.90. The third-order valence-electron chi connectivity index (χ3n) is 3.70. The van der Waals surface area contributed by atoms with E-state index < -0.39 is 35.9 Å². The number of hydrogen-bond donors (Lipinski definition) is 2. The van der Waals surface area contributed by atoms with Gasteiger partial charge in [-0.15, -0.1) is 11.8 Å². The summed E-state index contributed by atoms with van der Waals surface area (Å²) >= 11 is 0.860. The zero-order valence-corrected chi connectivity index (χ0v) is 14.4. The van der Waals surface area contributed by atoms with E-state index in [9.17, 15) is 18.0 Å². The number of nitrogens with two attached hydrogens (primary N) is 1. The summed E-state index contributed by atoms with van der Waals surface area (Å²) in [5.74, 6) is -1.98. The third-order valence-corrected chi connectivity index (χ3v) is 4.79. The van der Waals surface area contributed by atoms with Crippen molar-refractivity contribution in [1.82, 2.24) is 0 Å². The molecule has 0 saturated carbocycles. The van der Waals surface area contributed by atoms with Crippen LogP contribution in [0.25, 0.3) is 0 Å². The largest absolute Gasteiger partial charge is 0.325 e. The van der Waals surface area contributed by atoms with Gasteiger partial charge in [0.05, 0.1) is 17.4 Å². The Hall–Kier alpha value is -1.99. The van der Waals surface area contributed by atoms with Gasteiger partial charge in [0.1, 0.15) is 5.82 Å². The highest BCUT2D eigenvalue weighted by atomic mass is 32.2. The lowest BCUT2D eigenvalue weighted by Gasteiger charge is -2.20. The number of nitrogens with one attached hydrogen (secondary N) is 1. The summed E-state index contributed by atoms with van der Waals surface area (Å²) in [5, 5.41) is 2.60. The SMILES string of the molecule is CC(C(=O)Nc1cc(F)ccc1SCC(F)F)C(N)c1ccccc1. The highest BCUT2D eigenvalue weighted by molar-refractivity contribution is 7.99. The van der Waals surface area contributed by atoms with Crippen LogP contribution in [0.4, 0.5) is 18.9 Å². The molecule has 0 fully saturated rings. The fourth-order valence-electron chi connectivity index (χ4n) is 2.25. The predicted molar refractivity (Wildman–Crippen MR) is 94.3 cm³/mol. The molecule has 2 rings (SSSR count). The van der Waals surface area contributed by atoms with Gasteiger partial charge < -0.3 is 11.1 Å². The molecule has 0 spiro atoms. The number of rotatable bonds is 7. The zero-order chi connectivity index (χ0) is 18.4. The minimum Gasteiger partial charge on any atom is -0.325 e. The van der Waals surface area contributed by atoms with Gasteiger partial charge in [0, 0.05) is 10.9 Å². The van der Waals surface area contributed by atoms with Gasteiger partial charge in [-0.05, 0) is 23.8 Å². The Labute approximate surface area is 148 Å². The lowest BCUT2D eigenvalue weighted by Crippen LogP contribution is -2.30. The molecular weight excluding hydrogens is 349 g/mol. The Morgan fingerprint density at radius 2 is 1.88 bits per heavy atom. The molecule has 2 aromatic rings.